The van der Waals surface area contributed by atoms with Crippen LogP contribution in [0, 0.1) is 0 Å². The quantitative estimate of drug-likeness (QED) is 0.776. The third-order valence-electron chi connectivity index (χ3n) is 3.29. The zero-order valence-electron chi connectivity index (χ0n) is 11.3. The molecule has 2 rings (SSSR count). The molecule has 2 amide bonds. The summed E-state index contributed by atoms with van der Waals surface area (Å²) in [7, 11) is 0. The van der Waals surface area contributed by atoms with Gasteiger partial charge in [-0.3, -0.25) is 0 Å². The summed E-state index contributed by atoms with van der Waals surface area (Å²) < 4.78 is 5.26. The standard InChI is InChI=1S/C14H18N2O4/c1-14(6-7-20-9-14)16-13(19)15-8-10-2-4-11(5-3-10)12(17)18/h2-5H,6-9H2,1H3,(H,17,18)(H2,15,16,19). The van der Waals surface area contributed by atoms with E-state index in [1.54, 1.807) is 12.1 Å². The van der Waals surface area contributed by atoms with Crippen LogP contribution in [0.3, 0.4) is 0 Å². The number of amides is 2. The van der Waals surface area contributed by atoms with Crippen molar-refractivity contribution in [3.05, 3.63) is 35.4 Å². The number of nitrogens with one attached hydrogen (secondary N) is 2. The van der Waals surface area contributed by atoms with Crippen molar-refractivity contribution in [2.24, 2.45) is 0 Å². The number of carboxylic acids is 1. The first kappa shape index (κ1) is 14.3. The van der Waals surface area contributed by atoms with Crippen molar-refractivity contribution >= 4 is 12.0 Å². The Morgan fingerprint density at radius 1 is 1.35 bits per heavy atom. The van der Waals surface area contributed by atoms with Gasteiger partial charge in [-0.25, -0.2) is 9.59 Å². The predicted octanol–water partition coefficient (Wildman–Crippen LogP) is 1.36. The highest BCUT2D eigenvalue weighted by atomic mass is 16.5. The molecule has 108 valence electrons. The molecule has 1 heterocycles. The van der Waals surface area contributed by atoms with Crippen molar-refractivity contribution in [1.82, 2.24) is 10.6 Å². The van der Waals surface area contributed by atoms with Crippen LogP contribution >= 0.6 is 0 Å². The number of ether oxygens (including phenoxy) is 1. The molecule has 0 bridgehead atoms. The lowest BCUT2D eigenvalue weighted by molar-refractivity contribution is 0.0697. The Morgan fingerprint density at radius 3 is 2.60 bits per heavy atom. The van der Waals surface area contributed by atoms with Gasteiger partial charge < -0.3 is 20.5 Å². The number of carbonyl (C=O) groups is 2. The normalized spacial score (nSPS) is 21.4. The summed E-state index contributed by atoms with van der Waals surface area (Å²) in [4.78, 5) is 22.5. The molecular formula is C14H18N2O4. The maximum atomic E-state index is 11.8. The molecule has 0 saturated carbocycles. The minimum atomic E-state index is -0.962. The van der Waals surface area contributed by atoms with Crippen LogP contribution in [0.1, 0.15) is 29.3 Å². The average molecular weight is 278 g/mol. The minimum Gasteiger partial charge on any atom is -0.478 e. The van der Waals surface area contributed by atoms with Crippen LogP contribution in [0.5, 0.6) is 0 Å². The number of hydrogen-bond acceptors (Lipinski definition) is 3. The third kappa shape index (κ3) is 3.71. The number of aromatic carboxylic acids is 1. The molecule has 0 aromatic heterocycles. The molecule has 1 atom stereocenters. The number of benzene rings is 1. The fraction of sp³-hybridized carbons (Fsp3) is 0.429. The van der Waals surface area contributed by atoms with Crippen molar-refractivity contribution in [3.63, 3.8) is 0 Å². The van der Waals surface area contributed by atoms with Gasteiger partial charge in [0, 0.05) is 13.2 Å². The Morgan fingerprint density at radius 2 is 2.05 bits per heavy atom. The zero-order chi connectivity index (χ0) is 14.6. The number of carboxylic acid groups (broad SMARTS) is 1. The first-order valence-electron chi connectivity index (χ1n) is 6.44. The van der Waals surface area contributed by atoms with Crippen molar-refractivity contribution in [2.75, 3.05) is 13.2 Å². The van der Waals surface area contributed by atoms with Crippen molar-refractivity contribution in [1.29, 1.82) is 0 Å². The first-order chi connectivity index (χ1) is 9.48. The number of rotatable bonds is 4. The van der Waals surface area contributed by atoms with E-state index in [0.29, 0.717) is 19.8 Å². The van der Waals surface area contributed by atoms with E-state index in [9.17, 15) is 9.59 Å². The summed E-state index contributed by atoms with van der Waals surface area (Å²) >= 11 is 0. The molecule has 1 aliphatic rings. The van der Waals surface area contributed by atoms with Crippen LogP contribution in [-0.2, 0) is 11.3 Å². The maximum Gasteiger partial charge on any atom is 0.335 e. The third-order valence-corrected chi connectivity index (χ3v) is 3.29. The van der Waals surface area contributed by atoms with Crippen LogP contribution in [0.15, 0.2) is 24.3 Å². The van der Waals surface area contributed by atoms with Crippen LogP contribution in [0.4, 0.5) is 4.79 Å². The molecule has 6 heteroatoms. The van der Waals surface area contributed by atoms with E-state index in [-0.39, 0.29) is 17.1 Å². The van der Waals surface area contributed by atoms with Crippen LogP contribution < -0.4 is 10.6 Å². The lowest BCUT2D eigenvalue weighted by atomic mass is 10.0. The Kier molecular flexibility index (Phi) is 4.24. The molecular weight excluding hydrogens is 260 g/mol. The SMILES string of the molecule is CC1(NC(=O)NCc2ccc(C(=O)O)cc2)CCOC1. The van der Waals surface area contributed by atoms with E-state index in [1.165, 1.54) is 12.1 Å². The fourth-order valence-electron chi connectivity index (χ4n) is 2.03. The molecule has 0 aliphatic carbocycles. The van der Waals surface area contributed by atoms with Gasteiger partial charge in [0.2, 0.25) is 0 Å². The maximum absolute atomic E-state index is 11.8. The van der Waals surface area contributed by atoms with Crippen LogP contribution in [-0.4, -0.2) is 35.9 Å². The number of hydrogen-bond donors (Lipinski definition) is 3. The molecule has 1 fully saturated rings. The topological polar surface area (TPSA) is 87.7 Å². The summed E-state index contributed by atoms with van der Waals surface area (Å²) in [6.07, 6.45) is 0.799. The largest absolute Gasteiger partial charge is 0.478 e. The summed E-state index contributed by atoms with van der Waals surface area (Å²) in [6, 6.07) is 6.15. The second kappa shape index (κ2) is 5.92. The van der Waals surface area contributed by atoms with Crippen molar-refractivity contribution in [3.8, 4) is 0 Å². The molecule has 1 aromatic rings. The number of urea groups is 1. The highest BCUT2D eigenvalue weighted by Crippen LogP contribution is 2.17. The summed E-state index contributed by atoms with van der Waals surface area (Å²) in [6.45, 7) is 3.48. The van der Waals surface area contributed by atoms with Crippen molar-refractivity contribution in [2.45, 2.75) is 25.4 Å². The minimum absolute atomic E-state index is 0.230. The molecule has 1 aromatic carbocycles. The van der Waals surface area contributed by atoms with Gasteiger partial charge in [0.25, 0.3) is 0 Å². The van der Waals surface area contributed by atoms with Gasteiger partial charge in [0.1, 0.15) is 0 Å². The van der Waals surface area contributed by atoms with E-state index >= 15 is 0 Å². The van der Waals surface area contributed by atoms with Crippen LogP contribution in [0.2, 0.25) is 0 Å². The summed E-state index contributed by atoms with van der Waals surface area (Å²) in [5.74, 6) is -0.962. The zero-order valence-corrected chi connectivity index (χ0v) is 11.3. The van der Waals surface area contributed by atoms with Crippen molar-refractivity contribution < 1.29 is 19.4 Å². The van der Waals surface area contributed by atoms with E-state index in [1.807, 2.05) is 6.92 Å². The number of carbonyl (C=O) groups excluding carboxylic acids is 1. The van der Waals surface area contributed by atoms with Gasteiger partial charge in [0.15, 0.2) is 0 Å². The predicted molar refractivity (Wildman–Crippen MR) is 72.6 cm³/mol. The van der Waals surface area contributed by atoms with Gasteiger partial charge in [-0.2, -0.15) is 0 Å². The fourth-order valence-corrected chi connectivity index (χ4v) is 2.03. The van der Waals surface area contributed by atoms with Gasteiger partial charge in [0.05, 0.1) is 17.7 Å². The van der Waals surface area contributed by atoms with E-state index in [2.05, 4.69) is 10.6 Å². The van der Waals surface area contributed by atoms with E-state index in [4.69, 9.17) is 9.84 Å². The van der Waals surface area contributed by atoms with E-state index < -0.39 is 5.97 Å². The first-order valence-corrected chi connectivity index (χ1v) is 6.44. The van der Waals surface area contributed by atoms with Crippen LogP contribution in [0.25, 0.3) is 0 Å². The van der Waals surface area contributed by atoms with Gasteiger partial charge in [-0.15, -0.1) is 0 Å². The molecule has 1 aliphatic heterocycles. The molecule has 0 radical (unpaired) electrons. The Balaban J connectivity index is 1.82. The molecule has 1 unspecified atom stereocenters. The molecule has 1 saturated heterocycles. The molecule has 20 heavy (non-hydrogen) atoms. The smallest absolute Gasteiger partial charge is 0.335 e. The van der Waals surface area contributed by atoms with Gasteiger partial charge in [-0.1, -0.05) is 12.1 Å². The molecule has 3 N–H and O–H groups in total. The molecule has 6 nitrogen and oxygen atoms in total. The lowest BCUT2D eigenvalue weighted by Crippen LogP contribution is -2.50. The summed E-state index contributed by atoms with van der Waals surface area (Å²) in [5.41, 5.74) is 0.767. The highest BCUT2D eigenvalue weighted by Gasteiger charge is 2.31. The van der Waals surface area contributed by atoms with E-state index in [0.717, 1.165) is 12.0 Å². The second-order valence-corrected chi connectivity index (χ2v) is 5.17. The summed E-state index contributed by atoms with van der Waals surface area (Å²) in [5, 5.41) is 14.4. The Labute approximate surface area is 117 Å². The Hall–Kier alpha value is -2.08. The Bertz CT molecular complexity index is 492. The second-order valence-electron chi connectivity index (χ2n) is 5.17. The lowest BCUT2D eigenvalue weighted by Gasteiger charge is -2.23. The van der Waals surface area contributed by atoms with Gasteiger partial charge >= 0.3 is 12.0 Å². The molecule has 0 spiro atoms. The monoisotopic (exact) mass is 278 g/mol. The highest BCUT2D eigenvalue weighted by molar-refractivity contribution is 5.87. The van der Waals surface area contributed by atoms with Gasteiger partial charge in [-0.05, 0) is 31.0 Å². The average Bonchev–Trinajstić information content (AvgIpc) is 2.83.